The number of piperidine rings is 1. The van der Waals surface area contributed by atoms with Gasteiger partial charge in [-0.1, -0.05) is 37.3 Å². The van der Waals surface area contributed by atoms with Crippen molar-refractivity contribution in [2.45, 2.75) is 52.1 Å². The largest absolute Gasteiger partial charge is 0.341 e. The average molecular weight is 383 g/mol. The molecule has 1 aliphatic heterocycles. The molecule has 150 valence electrons. The Balaban J connectivity index is 1.65. The van der Waals surface area contributed by atoms with Crippen molar-refractivity contribution >= 4 is 11.8 Å². The molecular formula is C21H29N5O2. The van der Waals surface area contributed by atoms with Gasteiger partial charge in [0.1, 0.15) is 6.04 Å². The van der Waals surface area contributed by atoms with E-state index in [-0.39, 0.29) is 17.9 Å². The molecule has 0 spiro atoms. The summed E-state index contributed by atoms with van der Waals surface area (Å²) in [4.78, 5) is 27.8. The van der Waals surface area contributed by atoms with E-state index in [1.54, 1.807) is 12.3 Å². The maximum atomic E-state index is 13.2. The summed E-state index contributed by atoms with van der Waals surface area (Å²) in [5.74, 6) is 0.126. The molecule has 28 heavy (non-hydrogen) atoms. The quantitative estimate of drug-likeness (QED) is 0.831. The Morgan fingerprint density at radius 1 is 1.21 bits per heavy atom. The summed E-state index contributed by atoms with van der Waals surface area (Å²) < 4.78 is 1.87. The Morgan fingerprint density at radius 3 is 2.54 bits per heavy atom. The van der Waals surface area contributed by atoms with Crippen molar-refractivity contribution in [1.82, 2.24) is 25.2 Å². The van der Waals surface area contributed by atoms with Crippen molar-refractivity contribution < 1.29 is 9.59 Å². The molecule has 2 heterocycles. The van der Waals surface area contributed by atoms with Crippen LogP contribution < -0.4 is 5.32 Å². The SMILES string of the molecule is Cc1ccccc1C(=O)N[C@@H](CC(C)C)C(=O)N1CCC(n2ccnn2)CC1. The van der Waals surface area contributed by atoms with Gasteiger partial charge in [0.15, 0.2) is 0 Å². The van der Waals surface area contributed by atoms with E-state index in [0.29, 0.717) is 31.0 Å². The molecule has 1 saturated heterocycles. The first-order chi connectivity index (χ1) is 13.5. The Bertz CT molecular complexity index is 795. The minimum Gasteiger partial charge on any atom is -0.341 e. The number of aromatic nitrogens is 3. The number of aryl methyl sites for hydroxylation is 1. The molecule has 2 aromatic rings. The second kappa shape index (κ2) is 8.99. The Morgan fingerprint density at radius 2 is 1.93 bits per heavy atom. The molecule has 2 amide bonds. The zero-order valence-electron chi connectivity index (χ0n) is 16.8. The molecule has 0 bridgehead atoms. The molecule has 0 aliphatic carbocycles. The number of likely N-dealkylation sites (tertiary alicyclic amines) is 1. The first-order valence-corrected chi connectivity index (χ1v) is 9.96. The van der Waals surface area contributed by atoms with Crippen LogP contribution in [0.3, 0.4) is 0 Å². The van der Waals surface area contributed by atoms with Crippen LogP contribution in [0.25, 0.3) is 0 Å². The van der Waals surface area contributed by atoms with Crippen molar-refractivity contribution in [3.63, 3.8) is 0 Å². The maximum Gasteiger partial charge on any atom is 0.252 e. The molecule has 0 saturated carbocycles. The molecule has 0 unspecified atom stereocenters. The maximum absolute atomic E-state index is 13.2. The minimum absolute atomic E-state index is 0.00711. The highest BCUT2D eigenvalue weighted by atomic mass is 16.2. The number of carbonyl (C=O) groups excluding carboxylic acids is 2. The Labute approximate surface area is 166 Å². The van der Waals surface area contributed by atoms with E-state index in [1.807, 2.05) is 40.9 Å². The van der Waals surface area contributed by atoms with E-state index in [4.69, 9.17) is 0 Å². The van der Waals surface area contributed by atoms with Gasteiger partial charge in [-0.05, 0) is 43.7 Å². The zero-order chi connectivity index (χ0) is 20.1. The first-order valence-electron chi connectivity index (χ1n) is 9.96. The molecule has 7 heteroatoms. The van der Waals surface area contributed by atoms with Crippen LogP contribution in [0.1, 0.15) is 55.1 Å². The van der Waals surface area contributed by atoms with E-state index < -0.39 is 6.04 Å². The predicted octanol–water partition coefficient (Wildman–Crippen LogP) is 2.59. The fourth-order valence-corrected chi connectivity index (χ4v) is 3.74. The van der Waals surface area contributed by atoms with Gasteiger partial charge in [0.25, 0.3) is 5.91 Å². The number of hydrogen-bond donors (Lipinski definition) is 1. The van der Waals surface area contributed by atoms with Gasteiger partial charge in [0.2, 0.25) is 5.91 Å². The summed E-state index contributed by atoms with van der Waals surface area (Å²) in [7, 11) is 0. The summed E-state index contributed by atoms with van der Waals surface area (Å²) in [6, 6.07) is 7.22. The second-order valence-corrected chi connectivity index (χ2v) is 7.91. The molecule has 3 rings (SSSR count). The third kappa shape index (κ3) is 4.77. The van der Waals surface area contributed by atoms with Crippen molar-refractivity contribution in [3.05, 3.63) is 47.8 Å². The lowest BCUT2D eigenvalue weighted by molar-refractivity contribution is -0.135. The highest BCUT2D eigenvalue weighted by molar-refractivity contribution is 5.98. The topological polar surface area (TPSA) is 80.1 Å². The van der Waals surface area contributed by atoms with Gasteiger partial charge >= 0.3 is 0 Å². The van der Waals surface area contributed by atoms with Crippen molar-refractivity contribution in [2.75, 3.05) is 13.1 Å². The predicted molar refractivity (Wildman–Crippen MR) is 107 cm³/mol. The molecular weight excluding hydrogens is 354 g/mol. The van der Waals surface area contributed by atoms with Crippen LogP contribution in [0.4, 0.5) is 0 Å². The number of amides is 2. The summed E-state index contributed by atoms with van der Waals surface area (Å²) >= 11 is 0. The summed E-state index contributed by atoms with van der Waals surface area (Å²) in [5, 5.41) is 10.9. The van der Waals surface area contributed by atoms with Gasteiger partial charge in [0, 0.05) is 24.8 Å². The smallest absolute Gasteiger partial charge is 0.252 e. The molecule has 7 nitrogen and oxygen atoms in total. The number of nitrogens with one attached hydrogen (secondary N) is 1. The van der Waals surface area contributed by atoms with Crippen molar-refractivity contribution in [3.8, 4) is 0 Å². The van der Waals surface area contributed by atoms with Gasteiger partial charge in [-0.25, -0.2) is 4.68 Å². The van der Waals surface area contributed by atoms with Crippen LogP contribution in [0.5, 0.6) is 0 Å². The number of carbonyl (C=O) groups is 2. The van der Waals surface area contributed by atoms with Gasteiger partial charge in [-0.15, -0.1) is 5.10 Å². The van der Waals surface area contributed by atoms with E-state index in [0.717, 1.165) is 18.4 Å². The monoisotopic (exact) mass is 383 g/mol. The zero-order valence-corrected chi connectivity index (χ0v) is 16.8. The number of rotatable bonds is 6. The number of hydrogen-bond acceptors (Lipinski definition) is 4. The number of benzene rings is 1. The molecule has 1 aromatic carbocycles. The average Bonchev–Trinajstić information content (AvgIpc) is 3.22. The molecule has 1 fully saturated rings. The third-order valence-electron chi connectivity index (χ3n) is 5.29. The van der Waals surface area contributed by atoms with Gasteiger partial charge in [-0.2, -0.15) is 0 Å². The highest BCUT2D eigenvalue weighted by Crippen LogP contribution is 2.22. The molecule has 1 aliphatic rings. The molecule has 1 N–H and O–H groups in total. The van der Waals surface area contributed by atoms with Crippen LogP contribution in [-0.4, -0.2) is 50.8 Å². The fourth-order valence-electron chi connectivity index (χ4n) is 3.74. The van der Waals surface area contributed by atoms with Crippen LogP contribution in [0, 0.1) is 12.8 Å². The van der Waals surface area contributed by atoms with Crippen molar-refractivity contribution in [1.29, 1.82) is 0 Å². The Kier molecular flexibility index (Phi) is 6.44. The van der Waals surface area contributed by atoms with Gasteiger partial charge in [-0.3, -0.25) is 9.59 Å². The Hall–Kier alpha value is -2.70. The van der Waals surface area contributed by atoms with E-state index >= 15 is 0 Å². The summed E-state index contributed by atoms with van der Waals surface area (Å²) in [5.41, 5.74) is 1.53. The lowest BCUT2D eigenvalue weighted by atomic mass is 9.99. The second-order valence-electron chi connectivity index (χ2n) is 7.91. The molecule has 1 atom stereocenters. The fraction of sp³-hybridized carbons (Fsp3) is 0.524. The van der Waals surface area contributed by atoms with Gasteiger partial charge in [0.05, 0.1) is 12.2 Å². The number of nitrogens with zero attached hydrogens (tertiary/aromatic N) is 4. The highest BCUT2D eigenvalue weighted by Gasteiger charge is 2.30. The lowest BCUT2D eigenvalue weighted by Gasteiger charge is -2.34. The third-order valence-corrected chi connectivity index (χ3v) is 5.29. The minimum atomic E-state index is -0.505. The first kappa shape index (κ1) is 20.0. The van der Waals surface area contributed by atoms with E-state index in [2.05, 4.69) is 29.5 Å². The van der Waals surface area contributed by atoms with Crippen LogP contribution in [0.15, 0.2) is 36.7 Å². The normalized spacial score (nSPS) is 16.2. The van der Waals surface area contributed by atoms with Crippen LogP contribution >= 0.6 is 0 Å². The van der Waals surface area contributed by atoms with Crippen LogP contribution in [0.2, 0.25) is 0 Å². The summed E-state index contributed by atoms with van der Waals surface area (Å²) in [6.07, 6.45) is 5.85. The standard InChI is InChI=1S/C21H29N5O2/c1-15(2)14-19(23-20(27)18-7-5-4-6-16(18)3)21(28)25-11-8-17(9-12-25)26-13-10-22-24-26/h4-7,10,13,15,17,19H,8-9,11-12,14H2,1-3H3,(H,23,27)/t19-/m0/s1. The van der Waals surface area contributed by atoms with E-state index in [9.17, 15) is 9.59 Å². The summed E-state index contributed by atoms with van der Waals surface area (Å²) in [6.45, 7) is 7.37. The van der Waals surface area contributed by atoms with Crippen LogP contribution in [-0.2, 0) is 4.79 Å². The molecule has 1 aromatic heterocycles. The molecule has 0 radical (unpaired) electrons. The van der Waals surface area contributed by atoms with E-state index in [1.165, 1.54) is 0 Å². The lowest BCUT2D eigenvalue weighted by Crippen LogP contribution is -2.51. The van der Waals surface area contributed by atoms with Gasteiger partial charge < -0.3 is 10.2 Å². The van der Waals surface area contributed by atoms with Crippen molar-refractivity contribution in [2.24, 2.45) is 5.92 Å².